The van der Waals surface area contributed by atoms with Gasteiger partial charge in [0.1, 0.15) is 11.4 Å². The lowest BCUT2D eigenvalue weighted by molar-refractivity contribution is 0.0733. The summed E-state index contributed by atoms with van der Waals surface area (Å²) in [5.41, 5.74) is 0.262. The van der Waals surface area contributed by atoms with Crippen LogP contribution in [-0.2, 0) is 21.9 Å². The van der Waals surface area contributed by atoms with Crippen LogP contribution < -0.4 is 4.74 Å². The second kappa shape index (κ2) is 8.46. The van der Waals surface area contributed by atoms with Crippen LogP contribution in [0.5, 0.6) is 5.75 Å². The van der Waals surface area contributed by atoms with E-state index < -0.39 is 15.4 Å². The van der Waals surface area contributed by atoms with Crippen molar-refractivity contribution in [1.29, 1.82) is 0 Å². The van der Waals surface area contributed by atoms with E-state index in [1.54, 1.807) is 42.5 Å². The molecule has 1 aliphatic rings. The Hall–Kier alpha value is -2.67. The van der Waals surface area contributed by atoms with E-state index in [0.717, 1.165) is 18.5 Å². The molecule has 0 fully saturated rings. The van der Waals surface area contributed by atoms with Gasteiger partial charge in [0.2, 0.25) is 9.84 Å². The molecule has 0 amide bonds. The number of aliphatic hydroxyl groups is 1. The molecular weight excluding hydrogens is 410 g/mol. The molecule has 0 radical (unpaired) electrons. The van der Waals surface area contributed by atoms with Crippen molar-refractivity contribution in [2.75, 3.05) is 27.2 Å². The molecule has 4 rings (SSSR count). The van der Waals surface area contributed by atoms with Gasteiger partial charge in [0.25, 0.3) is 0 Å². The van der Waals surface area contributed by atoms with Crippen molar-refractivity contribution in [2.24, 2.45) is 0 Å². The van der Waals surface area contributed by atoms with Crippen LogP contribution >= 0.6 is 0 Å². The third kappa shape index (κ3) is 4.11. The van der Waals surface area contributed by atoms with E-state index in [-0.39, 0.29) is 16.2 Å². The van der Waals surface area contributed by atoms with Crippen molar-refractivity contribution >= 4 is 9.84 Å². The lowest BCUT2D eigenvalue weighted by Gasteiger charge is -2.36. The number of nitrogens with zero attached hydrogens (tertiary/aromatic N) is 1. The van der Waals surface area contributed by atoms with E-state index in [2.05, 4.69) is 4.90 Å². The fraction of sp³-hybridized carbons (Fsp3) is 0.280. The Morgan fingerprint density at radius 1 is 0.903 bits per heavy atom. The van der Waals surface area contributed by atoms with Gasteiger partial charge in [-0.3, -0.25) is 0 Å². The molecule has 1 heterocycles. The molecule has 0 saturated carbocycles. The van der Waals surface area contributed by atoms with Gasteiger partial charge in [0, 0.05) is 24.1 Å². The van der Waals surface area contributed by atoms with E-state index >= 15 is 0 Å². The highest BCUT2D eigenvalue weighted by Gasteiger charge is 2.45. The summed E-state index contributed by atoms with van der Waals surface area (Å²) in [6, 6.07) is 21.3. The summed E-state index contributed by atoms with van der Waals surface area (Å²) in [5.74, 6) is 0.488. The van der Waals surface area contributed by atoms with Gasteiger partial charge in [-0.15, -0.1) is 0 Å². The van der Waals surface area contributed by atoms with Gasteiger partial charge >= 0.3 is 0 Å². The SMILES string of the molecule is CN(C)CCCOc1ccc2c(c1)S(=O)(=O)c1ccccc1C2(O)Cc1ccccc1. The van der Waals surface area contributed by atoms with E-state index in [9.17, 15) is 13.5 Å². The molecule has 1 N–H and O–H groups in total. The van der Waals surface area contributed by atoms with E-state index in [1.165, 1.54) is 0 Å². The van der Waals surface area contributed by atoms with Gasteiger partial charge in [-0.2, -0.15) is 0 Å². The second-order valence-corrected chi connectivity index (χ2v) is 10.1. The molecule has 31 heavy (non-hydrogen) atoms. The zero-order valence-corrected chi connectivity index (χ0v) is 18.6. The highest BCUT2D eigenvalue weighted by molar-refractivity contribution is 7.91. The molecule has 6 heteroatoms. The van der Waals surface area contributed by atoms with Crippen LogP contribution in [0.15, 0.2) is 82.6 Å². The molecule has 3 aromatic carbocycles. The Morgan fingerprint density at radius 2 is 1.58 bits per heavy atom. The standard InChI is InChI=1S/C25H27NO4S/c1-26(2)15-8-16-30-20-13-14-22-24(17-20)31(28,29)23-12-7-6-11-21(23)25(22,27)18-19-9-4-3-5-10-19/h3-7,9-14,17,27H,8,15-16,18H2,1-2H3. The maximum absolute atomic E-state index is 13.4. The highest BCUT2D eigenvalue weighted by Crippen LogP contribution is 2.47. The first-order valence-corrected chi connectivity index (χ1v) is 11.8. The maximum Gasteiger partial charge on any atom is 0.207 e. The third-order valence-electron chi connectivity index (χ3n) is 5.63. The topological polar surface area (TPSA) is 66.8 Å². The molecule has 162 valence electrons. The van der Waals surface area contributed by atoms with Gasteiger partial charge in [-0.25, -0.2) is 8.42 Å². The first-order chi connectivity index (χ1) is 14.8. The van der Waals surface area contributed by atoms with Crippen LogP contribution in [0, 0.1) is 0 Å². The van der Waals surface area contributed by atoms with Crippen LogP contribution in [0.4, 0.5) is 0 Å². The lowest BCUT2D eigenvalue weighted by atomic mass is 9.81. The van der Waals surface area contributed by atoms with Crippen LogP contribution in [0.2, 0.25) is 0 Å². The normalized spacial score (nSPS) is 19.0. The predicted molar refractivity (Wildman–Crippen MR) is 120 cm³/mol. The quantitative estimate of drug-likeness (QED) is 0.572. The van der Waals surface area contributed by atoms with Crippen LogP contribution in [-0.4, -0.2) is 45.7 Å². The molecule has 5 nitrogen and oxygen atoms in total. The third-order valence-corrected chi connectivity index (χ3v) is 7.48. The molecule has 0 saturated heterocycles. The Kier molecular flexibility index (Phi) is 5.88. The van der Waals surface area contributed by atoms with Crippen molar-refractivity contribution in [2.45, 2.75) is 28.2 Å². The average molecular weight is 438 g/mol. The molecule has 1 unspecified atom stereocenters. The summed E-state index contributed by atoms with van der Waals surface area (Å²) in [7, 11) is 0.214. The number of fused-ring (bicyclic) bond motifs is 2. The molecule has 1 aliphatic heterocycles. The number of sulfone groups is 1. The monoisotopic (exact) mass is 437 g/mol. The predicted octanol–water partition coefficient (Wildman–Crippen LogP) is 3.64. The summed E-state index contributed by atoms with van der Waals surface area (Å²) in [6.45, 7) is 1.37. The van der Waals surface area contributed by atoms with E-state index in [4.69, 9.17) is 4.74 Å². The first kappa shape index (κ1) is 21.6. The van der Waals surface area contributed by atoms with Gasteiger partial charge in [-0.1, -0.05) is 54.6 Å². The maximum atomic E-state index is 13.4. The fourth-order valence-corrected chi connectivity index (χ4v) is 5.93. The van der Waals surface area contributed by atoms with Crippen molar-refractivity contribution < 1.29 is 18.3 Å². The number of benzene rings is 3. The van der Waals surface area contributed by atoms with Crippen LogP contribution in [0.1, 0.15) is 23.1 Å². The van der Waals surface area contributed by atoms with Crippen molar-refractivity contribution in [1.82, 2.24) is 4.90 Å². The lowest BCUT2D eigenvalue weighted by Crippen LogP contribution is -2.37. The highest BCUT2D eigenvalue weighted by atomic mass is 32.2. The van der Waals surface area contributed by atoms with Crippen molar-refractivity contribution in [3.05, 3.63) is 89.5 Å². The number of rotatable bonds is 7. The number of ether oxygens (including phenoxy) is 1. The minimum atomic E-state index is -3.78. The first-order valence-electron chi connectivity index (χ1n) is 10.4. The molecule has 0 bridgehead atoms. The fourth-order valence-electron chi connectivity index (χ4n) is 4.12. The molecule has 1 atom stereocenters. The summed E-state index contributed by atoms with van der Waals surface area (Å²) < 4.78 is 32.7. The zero-order valence-electron chi connectivity index (χ0n) is 17.8. The van der Waals surface area contributed by atoms with Gasteiger partial charge in [0.15, 0.2) is 0 Å². The average Bonchev–Trinajstić information content (AvgIpc) is 2.76. The largest absolute Gasteiger partial charge is 0.494 e. The smallest absolute Gasteiger partial charge is 0.207 e. The van der Waals surface area contributed by atoms with E-state index in [0.29, 0.717) is 23.5 Å². The Balaban J connectivity index is 1.77. The van der Waals surface area contributed by atoms with Crippen molar-refractivity contribution in [3.63, 3.8) is 0 Å². The number of hydrogen-bond acceptors (Lipinski definition) is 5. The summed E-state index contributed by atoms with van der Waals surface area (Å²) in [6.07, 6.45) is 1.11. The van der Waals surface area contributed by atoms with Crippen molar-refractivity contribution in [3.8, 4) is 5.75 Å². The Labute approximate surface area is 183 Å². The molecule has 0 aromatic heterocycles. The summed E-state index contributed by atoms with van der Waals surface area (Å²) in [4.78, 5) is 2.32. The van der Waals surface area contributed by atoms with Crippen LogP contribution in [0.3, 0.4) is 0 Å². The second-order valence-electron chi connectivity index (χ2n) is 8.19. The molecular formula is C25H27NO4S. The minimum absolute atomic E-state index is 0.106. The molecule has 3 aromatic rings. The zero-order chi connectivity index (χ0) is 22.1. The van der Waals surface area contributed by atoms with Gasteiger partial charge in [-0.05, 0) is 44.3 Å². The number of hydrogen-bond donors (Lipinski definition) is 1. The molecule has 0 aliphatic carbocycles. The van der Waals surface area contributed by atoms with Gasteiger partial charge in [0.05, 0.1) is 16.4 Å². The van der Waals surface area contributed by atoms with Crippen LogP contribution in [0.25, 0.3) is 0 Å². The van der Waals surface area contributed by atoms with Gasteiger partial charge < -0.3 is 14.7 Å². The Morgan fingerprint density at radius 3 is 2.32 bits per heavy atom. The molecule has 0 spiro atoms. The summed E-state index contributed by atoms with van der Waals surface area (Å²) >= 11 is 0. The minimum Gasteiger partial charge on any atom is -0.494 e. The summed E-state index contributed by atoms with van der Waals surface area (Å²) in [5, 5.41) is 11.9. The van der Waals surface area contributed by atoms with E-state index in [1.807, 2.05) is 44.4 Å². The Bertz CT molecular complexity index is 1180.